The molecule has 0 aliphatic carbocycles. The van der Waals surface area contributed by atoms with Crippen molar-refractivity contribution in [2.45, 2.75) is 6.92 Å². The molecule has 0 atom stereocenters. The van der Waals surface area contributed by atoms with Gasteiger partial charge in [-0.2, -0.15) is 5.10 Å². The number of aryl methyl sites for hydroxylation is 1. The van der Waals surface area contributed by atoms with Gasteiger partial charge >= 0.3 is 0 Å². The van der Waals surface area contributed by atoms with Gasteiger partial charge in [0.1, 0.15) is 5.75 Å². The molecule has 25 heavy (non-hydrogen) atoms. The van der Waals surface area contributed by atoms with Gasteiger partial charge in [-0.3, -0.25) is 4.79 Å². The molecule has 1 amide bonds. The van der Waals surface area contributed by atoms with Crippen molar-refractivity contribution in [1.29, 1.82) is 0 Å². The van der Waals surface area contributed by atoms with Crippen molar-refractivity contribution >= 4 is 59.9 Å². The molecule has 0 aliphatic rings. The molecular weight excluding hydrogens is 524 g/mol. The number of hydrazone groups is 1. The van der Waals surface area contributed by atoms with Gasteiger partial charge in [0.25, 0.3) is 5.91 Å². The largest absolute Gasteiger partial charge is 0.504 e. The van der Waals surface area contributed by atoms with E-state index in [0.717, 1.165) is 14.5 Å². The standard InChI is InChI=1S/C16H13Br3N2O4/c1-8-2-11(18)16(12(19)3-8)25-7-14(23)21-20-6-9-4-10(17)15(24)13(22)5-9/h2-6,22,24H,7H2,1H3,(H,21,23). The van der Waals surface area contributed by atoms with E-state index in [-0.39, 0.29) is 18.1 Å². The van der Waals surface area contributed by atoms with Crippen LogP contribution in [0.1, 0.15) is 11.1 Å². The molecule has 132 valence electrons. The number of nitrogens with zero attached hydrogens (tertiary/aromatic N) is 1. The Balaban J connectivity index is 1.93. The monoisotopic (exact) mass is 534 g/mol. The number of nitrogens with one attached hydrogen (secondary N) is 1. The minimum absolute atomic E-state index is 0.220. The fourth-order valence-electron chi connectivity index (χ4n) is 1.85. The first-order valence-corrected chi connectivity index (χ1v) is 9.27. The van der Waals surface area contributed by atoms with Crippen LogP contribution in [-0.4, -0.2) is 28.9 Å². The average molecular weight is 537 g/mol. The molecule has 0 bridgehead atoms. The molecule has 0 heterocycles. The second-order valence-electron chi connectivity index (χ2n) is 5.01. The third kappa shape index (κ3) is 5.45. The molecule has 0 radical (unpaired) electrons. The van der Waals surface area contributed by atoms with Crippen molar-refractivity contribution < 1.29 is 19.7 Å². The first-order chi connectivity index (χ1) is 11.8. The molecule has 0 saturated carbocycles. The van der Waals surface area contributed by atoms with Crippen LogP contribution in [0.5, 0.6) is 17.2 Å². The van der Waals surface area contributed by atoms with Crippen molar-refractivity contribution in [2.75, 3.05) is 6.61 Å². The molecule has 2 rings (SSSR count). The number of hydrogen-bond donors (Lipinski definition) is 3. The molecule has 6 nitrogen and oxygen atoms in total. The highest BCUT2D eigenvalue weighted by Gasteiger charge is 2.10. The van der Waals surface area contributed by atoms with Gasteiger partial charge in [-0.1, -0.05) is 0 Å². The predicted octanol–water partition coefficient (Wildman–Crippen LogP) is 4.22. The molecule has 0 aliphatic heterocycles. The molecule has 0 spiro atoms. The van der Waals surface area contributed by atoms with Crippen LogP contribution in [-0.2, 0) is 4.79 Å². The highest BCUT2D eigenvalue weighted by molar-refractivity contribution is 9.11. The number of benzene rings is 2. The maximum atomic E-state index is 11.8. The molecule has 3 N–H and O–H groups in total. The summed E-state index contributed by atoms with van der Waals surface area (Å²) < 4.78 is 7.27. The van der Waals surface area contributed by atoms with Gasteiger partial charge < -0.3 is 14.9 Å². The van der Waals surface area contributed by atoms with Crippen LogP contribution in [0, 0.1) is 6.92 Å². The molecule has 2 aromatic rings. The quantitative estimate of drug-likeness (QED) is 0.303. The summed E-state index contributed by atoms with van der Waals surface area (Å²) >= 11 is 9.87. The van der Waals surface area contributed by atoms with E-state index in [2.05, 4.69) is 58.3 Å². The summed E-state index contributed by atoms with van der Waals surface area (Å²) in [5.74, 6) is -0.474. The van der Waals surface area contributed by atoms with Gasteiger partial charge in [0, 0.05) is 0 Å². The maximum Gasteiger partial charge on any atom is 0.277 e. The van der Waals surface area contributed by atoms with E-state index < -0.39 is 5.91 Å². The SMILES string of the molecule is Cc1cc(Br)c(OCC(=O)NN=Cc2cc(O)c(O)c(Br)c2)c(Br)c1. The molecule has 9 heteroatoms. The number of halogens is 3. The average Bonchev–Trinajstić information content (AvgIpc) is 2.51. The lowest BCUT2D eigenvalue weighted by atomic mass is 10.2. The van der Waals surface area contributed by atoms with Gasteiger partial charge in [0.15, 0.2) is 18.1 Å². The lowest BCUT2D eigenvalue weighted by Crippen LogP contribution is -2.24. The molecule has 2 aromatic carbocycles. The Morgan fingerprint density at radius 3 is 2.40 bits per heavy atom. The number of phenols is 2. The third-order valence-electron chi connectivity index (χ3n) is 2.96. The first-order valence-electron chi connectivity index (χ1n) is 6.89. The van der Waals surface area contributed by atoms with Crippen LogP contribution < -0.4 is 10.2 Å². The van der Waals surface area contributed by atoms with Crippen LogP contribution in [0.4, 0.5) is 0 Å². The van der Waals surface area contributed by atoms with Crippen LogP contribution in [0.2, 0.25) is 0 Å². The summed E-state index contributed by atoms with van der Waals surface area (Å²) in [5, 5.41) is 22.7. The van der Waals surface area contributed by atoms with Crippen LogP contribution >= 0.6 is 47.8 Å². The maximum absolute atomic E-state index is 11.8. The number of hydrogen-bond acceptors (Lipinski definition) is 5. The second kappa shape index (κ2) is 8.68. The number of ether oxygens (including phenoxy) is 1. The minimum atomic E-state index is -0.447. The topological polar surface area (TPSA) is 91.2 Å². The number of phenolic OH excluding ortho intramolecular Hbond substituents is 2. The van der Waals surface area contributed by atoms with E-state index in [1.807, 2.05) is 19.1 Å². The van der Waals surface area contributed by atoms with Crippen LogP contribution in [0.15, 0.2) is 42.8 Å². The van der Waals surface area contributed by atoms with Crippen molar-refractivity contribution in [3.8, 4) is 17.2 Å². The molecule has 0 aromatic heterocycles. The van der Waals surface area contributed by atoms with E-state index >= 15 is 0 Å². The van der Waals surface area contributed by atoms with Gasteiger partial charge in [-0.05, 0) is 90.1 Å². The zero-order valence-corrected chi connectivity index (χ0v) is 17.6. The second-order valence-corrected chi connectivity index (χ2v) is 7.57. The lowest BCUT2D eigenvalue weighted by molar-refractivity contribution is -0.123. The Bertz CT molecular complexity index is 794. The summed E-state index contributed by atoms with van der Waals surface area (Å²) in [6.07, 6.45) is 1.33. The van der Waals surface area contributed by atoms with E-state index in [4.69, 9.17) is 4.74 Å². The first kappa shape index (κ1) is 19.7. The fraction of sp³-hybridized carbons (Fsp3) is 0.125. The van der Waals surface area contributed by atoms with Gasteiger partial charge in [-0.25, -0.2) is 5.43 Å². The summed E-state index contributed by atoms with van der Waals surface area (Å²) in [6.45, 7) is 1.72. The Kier molecular flexibility index (Phi) is 6.86. The third-order valence-corrected chi connectivity index (χ3v) is 4.74. The Labute approximate surface area is 169 Å². The van der Waals surface area contributed by atoms with Crippen LogP contribution in [0.3, 0.4) is 0 Å². The highest BCUT2D eigenvalue weighted by Crippen LogP contribution is 2.35. The lowest BCUT2D eigenvalue weighted by Gasteiger charge is -2.10. The number of carbonyl (C=O) groups is 1. The van der Waals surface area contributed by atoms with Crippen molar-refractivity contribution in [3.63, 3.8) is 0 Å². The summed E-state index contributed by atoms with van der Waals surface area (Å²) in [7, 11) is 0. The Morgan fingerprint density at radius 1 is 1.16 bits per heavy atom. The highest BCUT2D eigenvalue weighted by atomic mass is 79.9. The van der Waals surface area contributed by atoms with Gasteiger partial charge in [0.2, 0.25) is 0 Å². The molecule has 0 saturated heterocycles. The summed E-state index contributed by atoms with van der Waals surface area (Å²) in [5.41, 5.74) is 3.86. The normalized spacial score (nSPS) is 10.9. The number of aromatic hydroxyl groups is 2. The van der Waals surface area contributed by atoms with E-state index in [0.29, 0.717) is 15.8 Å². The van der Waals surface area contributed by atoms with Gasteiger partial charge in [-0.15, -0.1) is 0 Å². The van der Waals surface area contributed by atoms with Crippen LogP contribution in [0.25, 0.3) is 0 Å². The van der Waals surface area contributed by atoms with Crippen molar-refractivity contribution in [1.82, 2.24) is 5.43 Å². The molecule has 0 fully saturated rings. The predicted molar refractivity (Wildman–Crippen MR) is 105 cm³/mol. The zero-order valence-electron chi connectivity index (χ0n) is 12.9. The minimum Gasteiger partial charge on any atom is -0.504 e. The zero-order chi connectivity index (χ0) is 18.6. The molecule has 0 unspecified atom stereocenters. The Morgan fingerprint density at radius 2 is 1.80 bits per heavy atom. The number of amides is 1. The van der Waals surface area contributed by atoms with E-state index in [1.165, 1.54) is 12.3 Å². The number of carbonyl (C=O) groups excluding carboxylic acids is 1. The van der Waals surface area contributed by atoms with Gasteiger partial charge in [0.05, 0.1) is 19.6 Å². The van der Waals surface area contributed by atoms with E-state index in [1.54, 1.807) is 6.07 Å². The Hall–Kier alpha value is -1.58. The fourth-order valence-corrected chi connectivity index (χ4v) is 3.96. The van der Waals surface area contributed by atoms with Crippen molar-refractivity contribution in [3.05, 3.63) is 48.8 Å². The summed E-state index contributed by atoms with van der Waals surface area (Å²) in [6, 6.07) is 6.62. The summed E-state index contributed by atoms with van der Waals surface area (Å²) in [4.78, 5) is 11.8. The van der Waals surface area contributed by atoms with Crippen molar-refractivity contribution in [2.24, 2.45) is 5.10 Å². The van der Waals surface area contributed by atoms with E-state index in [9.17, 15) is 15.0 Å². The number of rotatable bonds is 5. The molecular formula is C16H13Br3N2O4. The smallest absolute Gasteiger partial charge is 0.277 e.